The summed E-state index contributed by atoms with van der Waals surface area (Å²) in [6.07, 6.45) is -10.3. The first-order valence-corrected chi connectivity index (χ1v) is 24.5. The number of ether oxygens (including phenoxy) is 3. The van der Waals surface area contributed by atoms with Crippen molar-refractivity contribution < 1.29 is 97.5 Å². The van der Waals surface area contributed by atoms with Crippen LogP contribution < -0.4 is 0 Å². The van der Waals surface area contributed by atoms with Crippen molar-refractivity contribution in [1.29, 1.82) is 0 Å². The summed E-state index contributed by atoms with van der Waals surface area (Å²) in [5, 5.41) is 0. The minimum Gasteiger partial charge on any atom is -0.462 e. The second kappa shape index (κ2) is 19.1. The van der Waals surface area contributed by atoms with E-state index in [1.54, 1.807) is 32.7 Å². The van der Waals surface area contributed by atoms with Crippen molar-refractivity contribution in [1.82, 2.24) is 0 Å². The summed E-state index contributed by atoms with van der Waals surface area (Å²) in [6, 6.07) is 0.325. The van der Waals surface area contributed by atoms with Gasteiger partial charge in [-0.1, -0.05) is 6.58 Å². The van der Waals surface area contributed by atoms with E-state index in [9.17, 15) is 75.0 Å². The third kappa shape index (κ3) is 14.5. The average molecular weight is 865 g/mol. The highest BCUT2D eigenvalue weighted by molar-refractivity contribution is 6.88. The molecule has 0 heterocycles. The number of esters is 1. The first-order valence-electron chi connectivity index (χ1n) is 15.8. The minimum absolute atomic E-state index is 0.0814. The highest BCUT2D eigenvalue weighted by atomic mass is 28.5. The molecule has 0 fully saturated rings. The lowest BCUT2D eigenvalue weighted by atomic mass is 10.1. The van der Waals surface area contributed by atoms with Gasteiger partial charge in [0, 0.05) is 18.8 Å². The maximum absolute atomic E-state index is 13.8. The summed E-state index contributed by atoms with van der Waals surface area (Å²) in [5.74, 6) is -37.5. The maximum Gasteiger partial charge on any atom is 0.380 e. The normalized spacial score (nSPS) is 14.7. The number of carbonyl (C=O) groups is 1. The van der Waals surface area contributed by atoms with Crippen LogP contribution in [0.15, 0.2) is 12.2 Å². The monoisotopic (exact) mass is 864 g/mol. The third-order valence-electron chi connectivity index (χ3n) is 7.35. The standard InChI is InChI=1S/C28H44F16O6Si3/c1-19(2)20(45)48-13-10-16-53(7,49-51(3,4)14-8-11-46-17-23(33,34)27(41,42)25(37,38)21(29)30)50-52(5,6)15-9-12-47-18-24(35,36)28(43,44)26(39,40)22(31)32/h21-22H,1,8-18H2,2-7H3. The molecule has 0 rings (SSSR count). The van der Waals surface area contributed by atoms with Crippen LogP contribution in [0.1, 0.15) is 26.2 Å². The Morgan fingerprint density at radius 2 is 0.906 bits per heavy atom. The molecule has 0 N–H and O–H groups in total. The molecule has 0 saturated heterocycles. The van der Waals surface area contributed by atoms with E-state index in [-0.39, 0.29) is 49.6 Å². The van der Waals surface area contributed by atoms with Crippen LogP contribution in [0.4, 0.5) is 70.2 Å². The lowest BCUT2D eigenvalue weighted by Gasteiger charge is -2.41. The molecule has 0 aromatic carbocycles. The number of alkyl halides is 16. The number of hydrogen-bond donors (Lipinski definition) is 0. The first-order chi connectivity index (χ1) is 23.5. The van der Waals surface area contributed by atoms with Crippen molar-refractivity contribution in [2.45, 2.75) is 125 Å². The minimum atomic E-state index is -6.43. The summed E-state index contributed by atoms with van der Waals surface area (Å²) in [4.78, 5) is 11.8. The van der Waals surface area contributed by atoms with Crippen molar-refractivity contribution in [2.24, 2.45) is 0 Å². The van der Waals surface area contributed by atoms with Gasteiger partial charge in [0.2, 0.25) is 0 Å². The Morgan fingerprint density at radius 1 is 0.585 bits per heavy atom. The van der Waals surface area contributed by atoms with E-state index in [4.69, 9.17) is 13.0 Å². The molecule has 316 valence electrons. The second-order valence-corrected chi connectivity index (χ2v) is 26.0. The maximum atomic E-state index is 13.8. The summed E-state index contributed by atoms with van der Waals surface area (Å²) >= 11 is 0. The first kappa shape index (κ1) is 51.6. The number of hydrogen-bond acceptors (Lipinski definition) is 6. The molecule has 0 bridgehead atoms. The highest BCUT2D eigenvalue weighted by Crippen LogP contribution is 2.49. The summed E-state index contributed by atoms with van der Waals surface area (Å²) in [5.41, 5.74) is 0.109. The average Bonchev–Trinajstić information content (AvgIpc) is 2.97. The fourth-order valence-corrected chi connectivity index (χ4v) is 18.9. The lowest BCUT2D eigenvalue weighted by Crippen LogP contribution is -2.59. The number of halogens is 16. The largest absolute Gasteiger partial charge is 0.462 e. The molecule has 0 atom stereocenters. The van der Waals surface area contributed by atoms with E-state index in [2.05, 4.69) is 16.1 Å². The molecule has 0 amide bonds. The zero-order valence-corrected chi connectivity index (χ0v) is 32.6. The van der Waals surface area contributed by atoms with Gasteiger partial charge in [0.1, 0.15) is 13.2 Å². The van der Waals surface area contributed by atoms with Crippen LogP contribution in [0, 0.1) is 0 Å². The molecular formula is C28H44F16O6Si3. The molecule has 53 heavy (non-hydrogen) atoms. The molecule has 0 radical (unpaired) electrons. The fourth-order valence-electron chi connectivity index (χ4n) is 4.62. The number of rotatable bonds is 27. The molecule has 0 aliphatic heterocycles. The topological polar surface area (TPSA) is 63.2 Å². The van der Waals surface area contributed by atoms with Gasteiger partial charge in [-0.15, -0.1) is 0 Å². The van der Waals surface area contributed by atoms with Crippen molar-refractivity contribution in [3.63, 3.8) is 0 Å². The molecule has 25 heteroatoms. The molecular weight excluding hydrogens is 821 g/mol. The van der Waals surface area contributed by atoms with Gasteiger partial charge in [-0.2, -0.15) is 52.7 Å². The molecule has 0 aliphatic carbocycles. The van der Waals surface area contributed by atoms with E-state index in [0.29, 0.717) is 0 Å². The van der Waals surface area contributed by atoms with Crippen molar-refractivity contribution in [2.75, 3.05) is 33.0 Å². The molecule has 0 aromatic rings. The Kier molecular flexibility index (Phi) is 18.6. The third-order valence-corrected chi connectivity index (χ3v) is 19.6. The highest BCUT2D eigenvalue weighted by Gasteiger charge is 2.76. The lowest BCUT2D eigenvalue weighted by molar-refractivity contribution is -0.345. The Bertz CT molecular complexity index is 1110. The van der Waals surface area contributed by atoms with Gasteiger partial charge in [-0.25, -0.2) is 22.4 Å². The SMILES string of the molecule is C=C(C)C(=O)OCCC[Si](C)(O[Si](C)(C)CCCOCC(F)(F)C(F)(F)C(F)(F)C(F)F)O[Si](C)(C)CCCOCC(F)(F)C(F)(F)C(F)(F)C(F)F. The van der Waals surface area contributed by atoms with Crippen LogP contribution in [0.3, 0.4) is 0 Å². The van der Waals surface area contributed by atoms with E-state index in [0.717, 1.165) is 0 Å². The fraction of sp³-hybridized carbons (Fsp3) is 0.893. The molecule has 0 aromatic heterocycles. The van der Waals surface area contributed by atoms with Crippen molar-refractivity contribution in [3.05, 3.63) is 12.2 Å². The van der Waals surface area contributed by atoms with Gasteiger partial charge in [0.05, 0.1) is 6.61 Å². The van der Waals surface area contributed by atoms with E-state index in [1.165, 1.54) is 6.92 Å². The van der Waals surface area contributed by atoms with Crippen LogP contribution in [0.25, 0.3) is 0 Å². The molecule has 0 spiro atoms. The Balaban J connectivity index is 5.52. The van der Waals surface area contributed by atoms with Gasteiger partial charge in [-0.05, 0) is 77.1 Å². The summed E-state index contributed by atoms with van der Waals surface area (Å²) in [7, 11) is -9.18. The van der Waals surface area contributed by atoms with Crippen LogP contribution in [0.5, 0.6) is 0 Å². The van der Waals surface area contributed by atoms with E-state index in [1.807, 2.05) is 0 Å². The van der Waals surface area contributed by atoms with Crippen molar-refractivity contribution >= 4 is 31.2 Å². The van der Waals surface area contributed by atoms with Crippen LogP contribution in [-0.4, -0.2) is 113 Å². The molecule has 0 saturated carbocycles. The summed E-state index contributed by atoms with van der Waals surface area (Å²) < 4.78 is 237. The van der Waals surface area contributed by atoms with Gasteiger partial charge >= 0.3 is 62.9 Å². The van der Waals surface area contributed by atoms with E-state index >= 15 is 0 Å². The predicted molar refractivity (Wildman–Crippen MR) is 166 cm³/mol. The second-order valence-electron chi connectivity index (χ2n) is 13.6. The molecule has 0 aliphatic rings. The van der Waals surface area contributed by atoms with Gasteiger partial charge in [-0.3, -0.25) is 0 Å². The van der Waals surface area contributed by atoms with Gasteiger partial charge in [0.15, 0.2) is 16.6 Å². The number of carbonyl (C=O) groups excluding carboxylic acids is 1. The van der Waals surface area contributed by atoms with Crippen LogP contribution in [-0.2, 0) is 27.2 Å². The van der Waals surface area contributed by atoms with Crippen LogP contribution in [0.2, 0.25) is 50.9 Å². The zero-order valence-electron chi connectivity index (χ0n) is 29.6. The molecule has 0 unspecified atom stereocenters. The summed E-state index contributed by atoms with van der Waals surface area (Å²) in [6.45, 7) is 6.95. The van der Waals surface area contributed by atoms with E-state index < -0.39 is 106 Å². The quantitative estimate of drug-likeness (QED) is 0.0270. The van der Waals surface area contributed by atoms with Gasteiger partial charge < -0.3 is 22.4 Å². The zero-order chi connectivity index (χ0) is 42.1. The Labute approximate surface area is 299 Å². The Hall–Kier alpha value is -1.42. The Morgan fingerprint density at radius 3 is 1.21 bits per heavy atom. The molecule has 6 nitrogen and oxygen atoms in total. The smallest absolute Gasteiger partial charge is 0.380 e. The van der Waals surface area contributed by atoms with Gasteiger partial charge in [0.25, 0.3) is 0 Å². The predicted octanol–water partition coefficient (Wildman–Crippen LogP) is 10.2. The van der Waals surface area contributed by atoms with Crippen molar-refractivity contribution in [3.8, 4) is 0 Å². The van der Waals surface area contributed by atoms with Crippen LogP contribution >= 0.6 is 0 Å².